The molecule has 1 aromatic carbocycles. The first kappa shape index (κ1) is 27.3. The molecule has 5 atom stereocenters. The molecule has 2 aromatic rings. The van der Waals surface area contributed by atoms with Gasteiger partial charge in [-0.05, 0) is 31.9 Å². The number of aliphatic carboxylic acids is 2. The third-order valence-corrected chi connectivity index (χ3v) is 5.26. The van der Waals surface area contributed by atoms with E-state index < -0.39 is 66.4 Å². The number of benzene rings is 1. The van der Waals surface area contributed by atoms with E-state index in [4.69, 9.17) is 15.9 Å². The summed E-state index contributed by atoms with van der Waals surface area (Å²) in [5.74, 6) is -5.65. The van der Waals surface area contributed by atoms with E-state index in [-0.39, 0.29) is 6.42 Å². The Kier molecular flexibility index (Phi) is 9.31. The topological polar surface area (TPSA) is 224 Å². The molecule has 9 N–H and O–H groups in total. The van der Waals surface area contributed by atoms with E-state index in [0.717, 1.165) is 23.4 Å². The van der Waals surface area contributed by atoms with Crippen LogP contribution < -0.4 is 21.7 Å². The van der Waals surface area contributed by atoms with Gasteiger partial charge in [-0.25, -0.2) is 0 Å². The molecule has 0 saturated carbocycles. The summed E-state index contributed by atoms with van der Waals surface area (Å²) in [7, 11) is 0. The summed E-state index contributed by atoms with van der Waals surface area (Å²) in [6.45, 7) is 2.38. The number of H-pyrrole nitrogens is 1. The number of carbonyl (C=O) groups is 5. The monoisotopic (exact) mass is 491 g/mol. The average molecular weight is 492 g/mol. The second-order valence-corrected chi connectivity index (χ2v) is 8.12. The van der Waals surface area contributed by atoms with Gasteiger partial charge in [0.2, 0.25) is 17.7 Å². The fourth-order valence-corrected chi connectivity index (χ4v) is 3.32. The van der Waals surface area contributed by atoms with Gasteiger partial charge in [0.25, 0.3) is 0 Å². The number of fused-ring (bicyclic) bond motifs is 1. The van der Waals surface area contributed by atoms with Crippen LogP contribution in [0.15, 0.2) is 30.5 Å². The lowest BCUT2D eigenvalue weighted by Gasteiger charge is -2.25. The number of amides is 3. The summed E-state index contributed by atoms with van der Waals surface area (Å²) in [6.07, 6.45) is -0.444. The molecule has 5 unspecified atom stereocenters. The standard InChI is InChI=1S/C22H29N5O8/c1-10(22(34)35)25-20(32)16(8-17(29)30)26-21(33)18(11(2)28)27-19(31)14(23)7-12-9-24-15-6-4-3-5-13(12)15/h3-6,9-11,14,16,18,24,28H,7-8,23H2,1-2H3,(H,25,32)(H,26,33)(H,27,31)(H,29,30)(H,34,35). The molecule has 0 radical (unpaired) electrons. The number of aliphatic hydroxyl groups excluding tert-OH is 1. The normalized spacial score (nSPS) is 15.3. The molecular weight excluding hydrogens is 462 g/mol. The second kappa shape index (κ2) is 11.9. The predicted molar refractivity (Wildman–Crippen MR) is 123 cm³/mol. The maximum Gasteiger partial charge on any atom is 0.325 e. The van der Waals surface area contributed by atoms with E-state index in [9.17, 15) is 29.1 Å². The smallest absolute Gasteiger partial charge is 0.325 e. The third kappa shape index (κ3) is 7.52. The van der Waals surface area contributed by atoms with Crippen LogP contribution in [0.25, 0.3) is 10.9 Å². The highest BCUT2D eigenvalue weighted by Gasteiger charge is 2.33. The quantitative estimate of drug-likeness (QED) is 0.172. The van der Waals surface area contributed by atoms with Crippen molar-refractivity contribution in [3.63, 3.8) is 0 Å². The van der Waals surface area contributed by atoms with E-state index in [2.05, 4.69) is 20.9 Å². The number of hydrogen-bond donors (Lipinski definition) is 8. The molecule has 0 fully saturated rings. The molecule has 1 aromatic heterocycles. The number of nitrogens with one attached hydrogen (secondary N) is 4. The van der Waals surface area contributed by atoms with Gasteiger partial charge in [0, 0.05) is 17.1 Å². The maximum atomic E-state index is 12.7. The SMILES string of the molecule is CC(NC(=O)C(CC(=O)O)NC(=O)C(NC(=O)C(N)Cc1c[nH]c2ccccc12)C(C)O)C(=O)O. The zero-order chi connectivity index (χ0) is 26.3. The Labute approximate surface area is 200 Å². The van der Waals surface area contributed by atoms with E-state index in [1.807, 2.05) is 24.3 Å². The molecular formula is C22H29N5O8. The van der Waals surface area contributed by atoms with Crippen molar-refractivity contribution in [1.29, 1.82) is 0 Å². The Morgan fingerprint density at radius 1 is 0.971 bits per heavy atom. The first-order chi connectivity index (χ1) is 16.4. The van der Waals surface area contributed by atoms with Crippen LogP contribution in [0.5, 0.6) is 0 Å². The van der Waals surface area contributed by atoms with Crippen molar-refractivity contribution < 1.29 is 39.3 Å². The zero-order valence-electron chi connectivity index (χ0n) is 19.1. The molecule has 13 nitrogen and oxygen atoms in total. The van der Waals surface area contributed by atoms with Gasteiger partial charge in [0.15, 0.2) is 0 Å². The number of rotatable bonds is 12. The Morgan fingerprint density at radius 2 is 1.63 bits per heavy atom. The number of carboxylic acids is 2. The molecule has 0 aliphatic carbocycles. The number of aromatic amines is 1. The Balaban J connectivity index is 2.08. The second-order valence-electron chi connectivity index (χ2n) is 8.12. The minimum absolute atomic E-state index is 0.126. The van der Waals surface area contributed by atoms with E-state index in [1.165, 1.54) is 6.92 Å². The van der Waals surface area contributed by atoms with Crippen molar-refractivity contribution in [3.05, 3.63) is 36.0 Å². The zero-order valence-corrected chi connectivity index (χ0v) is 19.1. The number of carbonyl (C=O) groups excluding carboxylic acids is 3. The van der Waals surface area contributed by atoms with Crippen LogP contribution in [0.1, 0.15) is 25.8 Å². The molecule has 2 rings (SSSR count). The van der Waals surface area contributed by atoms with Crippen LogP contribution in [0.3, 0.4) is 0 Å². The van der Waals surface area contributed by atoms with Crippen LogP contribution in [-0.4, -0.2) is 80.2 Å². The van der Waals surface area contributed by atoms with Crippen molar-refractivity contribution in [2.75, 3.05) is 0 Å². The summed E-state index contributed by atoms with van der Waals surface area (Å²) in [5.41, 5.74) is 7.64. The van der Waals surface area contributed by atoms with Crippen molar-refractivity contribution in [2.45, 2.75) is 57.0 Å². The first-order valence-corrected chi connectivity index (χ1v) is 10.7. The van der Waals surface area contributed by atoms with Gasteiger partial charge >= 0.3 is 11.9 Å². The van der Waals surface area contributed by atoms with Crippen LogP contribution in [0.2, 0.25) is 0 Å². The Morgan fingerprint density at radius 3 is 2.23 bits per heavy atom. The van der Waals surface area contributed by atoms with Gasteiger partial charge in [-0.3, -0.25) is 24.0 Å². The molecule has 0 spiro atoms. The minimum atomic E-state index is -1.65. The highest BCUT2D eigenvalue weighted by atomic mass is 16.4. The van der Waals surface area contributed by atoms with Gasteiger partial charge in [0.1, 0.15) is 18.1 Å². The number of hydrogen-bond acceptors (Lipinski definition) is 7. The van der Waals surface area contributed by atoms with E-state index in [0.29, 0.717) is 0 Å². The molecule has 3 amide bonds. The maximum absolute atomic E-state index is 12.7. The fraction of sp³-hybridized carbons (Fsp3) is 0.409. The lowest BCUT2D eigenvalue weighted by atomic mass is 10.0. The lowest BCUT2D eigenvalue weighted by molar-refractivity contribution is -0.143. The van der Waals surface area contributed by atoms with Crippen molar-refractivity contribution in [3.8, 4) is 0 Å². The number of aliphatic hydroxyl groups is 1. The van der Waals surface area contributed by atoms with Crippen LogP contribution in [0.4, 0.5) is 0 Å². The van der Waals surface area contributed by atoms with Crippen LogP contribution in [-0.2, 0) is 30.4 Å². The highest BCUT2D eigenvalue weighted by molar-refractivity contribution is 5.96. The largest absolute Gasteiger partial charge is 0.481 e. The molecule has 0 aliphatic rings. The van der Waals surface area contributed by atoms with E-state index >= 15 is 0 Å². The van der Waals surface area contributed by atoms with Gasteiger partial charge in [-0.2, -0.15) is 0 Å². The molecule has 13 heteroatoms. The summed E-state index contributed by atoms with van der Waals surface area (Å²) in [4.78, 5) is 62.9. The third-order valence-electron chi connectivity index (χ3n) is 5.26. The Bertz CT molecular complexity index is 1100. The van der Waals surface area contributed by atoms with Gasteiger partial charge in [-0.15, -0.1) is 0 Å². The predicted octanol–water partition coefficient (Wildman–Crippen LogP) is -1.55. The number of nitrogens with two attached hydrogens (primary N) is 1. The molecule has 0 aliphatic heterocycles. The number of aromatic nitrogens is 1. The highest BCUT2D eigenvalue weighted by Crippen LogP contribution is 2.18. The molecule has 0 bridgehead atoms. The lowest BCUT2D eigenvalue weighted by Crippen LogP contribution is -2.60. The van der Waals surface area contributed by atoms with Gasteiger partial charge < -0.3 is 42.0 Å². The van der Waals surface area contributed by atoms with Gasteiger partial charge in [-0.1, -0.05) is 18.2 Å². The van der Waals surface area contributed by atoms with E-state index in [1.54, 1.807) is 6.20 Å². The molecule has 190 valence electrons. The number of para-hydroxylation sites is 1. The molecule has 35 heavy (non-hydrogen) atoms. The van der Waals surface area contributed by atoms with Crippen molar-refractivity contribution >= 4 is 40.6 Å². The van der Waals surface area contributed by atoms with Crippen molar-refractivity contribution in [2.24, 2.45) is 5.73 Å². The Hall–Kier alpha value is -3.97. The minimum Gasteiger partial charge on any atom is -0.481 e. The molecule has 0 saturated heterocycles. The van der Waals surface area contributed by atoms with Gasteiger partial charge in [0.05, 0.1) is 18.6 Å². The fourth-order valence-electron chi connectivity index (χ4n) is 3.32. The molecule has 1 heterocycles. The van der Waals surface area contributed by atoms with Crippen LogP contribution in [0, 0.1) is 0 Å². The average Bonchev–Trinajstić information content (AvgIpc) is 3.18. The first-order valence-electron chi connectivity index (χ1n) is 10.7. The summed E-state index contributed by atoms with van der Waals surface area (Å²) < 4.78 is 0. The van der Waals surface area contributed by atoms with Crippen molar-refractivity contribution in [1.82, 2.24) is 20.9 Å². The summed E-state index contributed by atoms with van der Waals surface area (Å²) >= 11 is 0. The summed E-state index contributed by atoms with van der Waals surface area (Å²) in [6, 6.07) is 1.76. The van der Waals surface area contributed by atoms with Crippen LogP contribution >= 0.6 is 0 Å². The number of carboxylic acid groups (broad SMARTS) is 2. The summed E-state index contributed by atoms with van der Waals surface area (Å²) in [5, 5.41) is 35.4.